The van der Waals surface area contributed by atoms with Gasteiger partial charge in [0, 0.05) is 6.42 Å². The van der Waals surface area contributed by atoms with Crippen LogP contribution in [0.25, 0.3) is 0 Å². The highest BCUT2D eigenvalue weighted by Gasteiger charge is 2.27. The third kappa shape index (κ3) is 2.72. The molecule has 1 aliphatic rings. The topological polar surface area (TPSA) is 84.5 Å². The average Bonchev–Trinajstić information content (AvgIpc) is 2.60. The number of ether oxygens (including phenoxy) is 1. The Morgan fingerprint density at radius 1 is 1.64 bits per heavy atom. The molecule has 1 fully saturated rings. The summed E-state index contributed by atoms with van der Waals surface area (Å²) in [7, 11) is 1.24. The Kier molecular flexibility index (Phi) is 3.44. The molecule has 0 spiro atoms. The number of carbonyl (C=O) groups excluding carboxylic acids is 3. The van der Waals surface area contributed by atoms with E-state index in [0.717, 1.165) is 0 Å². The van der Waals surface area contributed by atoms with Crippen LogP contribution in [0.3, 0.4) is 0 Å². The predicted octanol–water partition coefficient (Wildman–Crippen LogP) is -1.45. The van der Waals surface area contributed by atoms with E-state index in [1.54, 1.807) is 0 Å². The fourth-order valence-electron chi connectivity index (χ4n) is 1.17. The maximum atomic E-state index is 11.3. The summed E-state index contributed by atoms with van der Waals surface area (Å²) in [4.78, 5) is 32.7. The molecule has 1 unspecified atom stereocenters. The van der Waals surface area contributed by atoms with Gasteiger partial charge in [0.15, 0.2) is 0 Å². The van der Waals surface area contributed by atoms with Crippen molar-refractivity contribution in [3.05, 3.63) is 0 Å². The number of nitrogens with one attached hydrogen (secondary N) is 2. The van der Waals surface area contributed by atoms with Crippen molar-refractivity contribution in [2.24, 2.45) is 0 Å². The lowest BCUT2D eigenvalue weighted by Crippen LogP contribution is -2.43. The van der Waals surface area contributed by atoms with E-state index in [9.17, 15) is 14.4 Å². The lowest BCUT2D eigenvalue weighted by molar-refractivity contribution is -0.141. The van der Waals surface area contributed by atoms with E-state index in [-0.39, 0.29) is 18.4 Å². The van der Waals surface area contributed by atoms with E-state index < -0.39 is 12.0 Å². The van der Waals surface area contributed by atoms with E-state index in [1.807, 2.05) is 0 Å². The Balaban J connectivity index is 2.28. The maximum absolute atomic E-state index is 11.3. The fourth-order valence-corrected chi connectivity index (χ4v) is 1.17. The van der Waals surface area contributed by atoms with Crippen LogP contribution in [0.1, 0.15) is 12.8 Å². The zero-order chi connectivity index (χ0) is 10.6. The van der Waals surface area contributed by atoms with Gasteiger partial charge in [0.2, 0.25) is 11.8 Å². The molecule has 1 atom stereocenters. The van der Waals surface area contributed by atoms with Gasteiger partial charge in [0.1, 0.15) is 12.6 Å². The molecule has 1 aliphatic heterocycles. The van der Waals surface area contributed by atoms with E-state index >= 15 is 0 Å². The zero-order valence-corrected chi connectivity index (χ0v) is 7.83. The average molecular weight is 200 g/mol. The molecule has 1 saturated heterocycles. The van der Waals surface area contributed by atoms with E-state index in [1.165, 1.54) is 7.11 Å². The van der Waals surface area contributed by atoms with Crippen LogP contribution in [0.2, 0.25) is 0 Å². The third-order valence-corrected chi connectivity index (χ3v) is 1.95. The van der Waals surface area contributed by atoms with Crippen molar-refractivity contribution in [1.82, 2.24) is 10.6 Å². The minimum Gasteiger partial charge on any atom is -0.468 e. The molecule has 0 radical (unpaired) electrons. The SMILES string of the molecule is COC(=O)CNC(=O)C1CCC(=O)N1. The lowest BCUT2D eigenvalue weighted by Gasteiger charge is -2.09. The van der Waals surface area contributed by atoms with Crippen molar-refractivity contribution in [2.45, 2.75) is 18.9 Å². The molecule has 0 aromatic heterocycles. The van der Waals surface area contributed by atoms with Crippen LogP contribution in [-0.4, -0.2) is 37.5 Å². The Bertz CT molecular complexity index is 264. The van der Waals surface area contributed by atoms with Gasteiger partial charge in [-0.3, -0.25) is 14.4 Å². The molecule has 14 heavy (non-hydrogen) atoms. The minimum atomic E-state index is -0.511. The highest BCUT2D eigenvalue weighted by atomic mass is 16.5. The van der Waals surface area contributed by atoms with Crippen molar-refractivity contribution in [3.8, 4) is 0 Å². The molecule has 0 aromatic rings. The Hall–Kier alpha value is -1.59. The van der Waals surface area contributed by atoms with Gasteiger partial charge in [-0.1, -0.05) is 0 Å². The van der Waals surface area contributed by atoms with Crippen molar-refractivity contribution in [3.63, 3.8) is 0 Å². The molecule has 2 amide bonds. The fraction of sp³-hybridized carbons (Fsp3) is 0.625. The number of rotatable bonds is 3. The first-order valence-corrected chi connectivity index (χ1v) is 4.27. The van der Waals surface area contributed by atoms with Crippen LogP contribution in [0.5, 0.6) is 0 Å². The first-order valence-electron chi connectivity index (χ1n) is 4.27. The van der Waals surface area contributed by atoms with Gasteiger partial charge in [-0.05, 0) is 6.42 Å². The molecule has 78 valence electrons. The molecule has 1 heterocycles. The van der Waals surface area contributed by atoms with E-state index in [4.69, 9.17) is 0 Å². The number of hydrogen-bond donors (Lipinski definition) is 2. The molecule has 0 aromatic carbocycles. The van der Waals surface area contributed by atoms with Crippen LogP contribution in [0.4, 0.5) is 0 Å². The lowest BCUT2D eigenvalue weighted by atomic mass is 10.2. The maximum Gasteiger partial charge on any atom is 0.325 e. The largest absolute Gasteiger partial charge is 0.468 e. The second-order valence-electron chi connectivity index (χ2n) is 2.95. The number of esters is 1. The normalized spacial score (nSPS) is 20.1. The van der Waals surface area contributed by atoms with Gasteiger partial charge >= 0.3 is 5.97 Å². The van der Waals surface area contributed by atoms with Crippen molar-refractivity contribution < 1.29 is 19.1 Å². The van der Waals surface area contributed by atoms with Gasteiger partial charge in [-0.2, -0.15) is 0 Å². The highest BCUT2D eigenvalue weighted by molar-refractivity contribution is 5.92. The molecule has 0 bridgehead atoms. The van der Waals surface area contributed by atoms with Gasteiger partial charge < -0.3 is 15.4 Å². The first-order chi connectivity index (χ1) is 6.63. The van der Waals surface area contributed by atoms with Gasteiger partial charge in [-0.25, -0.2) is 0 Å². The summed E-state index contributed by atoms with van der Waals surface area (Å²) < 4.78 is 4.34. The summed E-state index contributed by atoms with van der Waals surface area (Å²) in [6, 6.07) is -0.507. The first kappa shape index (κ1) is 10.5. The van der Waals surface area contributed by atoms with Crippen molar-refractivity contribution in [2.75, 3.05) is 13.7 Å². The summed E-state index contributed by atoms with van der Waals surface area (Å²) in [5.41, 5.74) is 0. The standard InChI is InChI=1S/C8H12N2O4/c1-14-7(12)4-9-8(13)5-2-3-6(11)10-5/h5H,2-4H2,1H3,(H,9,13)(H,10,11). The molecule has 6 heteroatoms. The summed E-state index contributed by atoms with van der Waals surface area (Å²) >= 11 is 0. The smallest absolute Gasteiger partial charge is 0.325 e. The van der Waals surface area contributed by atoms with Crippen molar-refractivity contribution in [1.29, 1.82) is 0 Å². The predicted molar refractivity (Wildman–Crippen MR) is 46.2 cm³/mol. The number of amides is 2. The summed E-state index contributed by atoms with van der Waals surface area (Å²) in [5, 5.41) is 4.86. The molecule has 0 aliphatic carbocycles. The summed E-state index contributed by atoms with van der Waals surface area (Å²) in [5.74, 6) is -0.993. The van der Waals surface area contributed by atoms with Crippen molar-refractivity contribution >= 4 is 17.8 Å². The number of hydrogen-bond acceptors (Lipinski definition) is 4. The van der Waals surface area contributed by atoms with Gasteiger partial charge in [-0.15, -0.1) is 0 Å². The molecular weight excluding hydrogens is 188 g/mol. The molecule has 1 rings (SSSR count). The Morgan fingerprint density at radius 3 is 2.86 bits per heavy atom. The van der Waals surface area contributed by atoms with Crippen LogP contribution in [-0.2, 0) is 19.1 Å². The highest BCUT2D eigenvalue weighted by Crippen LogP contribution is 2.05. The monoisotopic (exact) mass is 200 g/mol. The molecular formula is C8H12N2O4. The number of carbonyl (C=O) groups is 3. The number of methoxy groups -OCH3 is 1. The second-order valence-corrected chi connectivity index (χ2v) is 2.95. The molecule has 2 N–H and O–H groups in total. The van der Waals surface area contributed by atoms with Crippen LogP contribution in [0, 0.1) is 0 Å². The van der Waals surface area contributed by atoms with E-state index in [0.29, 0.717) is 12.8 Å². The molecule has 0 saturated carbocycles. The Labute approximate surface area is 81.0 Å². The van der Waals surface area contributed by atoms with Crippen LogP contribution in [0.15, 0.2) is 0 Å². The van der Waals surface area contributed by atoms with Gasteiger partial charge in [0.25, 0.3) is 0 Å². The zero-order valence-electron chi connectivity index (χ0n) is 7.83. The summed E-state index contributed by atoms with van der Waals surface area (Å²) in [6.07, 6.45) is 0.835. The quantitative estimate of drug-likeness (QED) is 0.546. The van der Waals surface area contributed by atoms with Crippen LogP contribution < -0.4 is 10.6 Å². The minimum absolute atomic E-state index is 0.136. The third-order valence-electron chi connectivity index (χ3n) is 1.95. The second kappa shape index (κ2) is 4.59. The van der Waals surface area contributed by atoms with E-state index in [2.05, 4.69) is 15.4 Å². The van der Waals surface area contributed by atoms with Gasteiger partial charge in [0.05, 0.1) is 7.11 Å². The Morgan fingerprint density at radius 2 is 2.36 bits per heavy atom. The molecule has 6 nitrogen and oxygen atoms in total. The van der Waals surface area contributed by atoms with Crippen LogP contribution >= 0.6 is 0 Å². The summed E-state index contributed by atoms with van der Waals surface area (Å²) in [6.45, 7) is -0.165.